The van der Waals surface area contributed by atoms with Gasteiger partial charge >= 0.3 is 5.97 Å². The zero-order valence-corrected chi connectivity index (χ0v) is 53.1. The summed E-state index contributed by atoms with van der Waals surface area (Å²) in [4.78, 5) is 24.6. The van der Waals surface area contributed by atoms with Crippen LogP contribution in [0.4, 0.5) is 0 Å². The first-order chi connectivity index (χ1) is 39.0. The van der Waals surface area contributed by atoms with E-state index in [0.717, 1.165) is 51.4 Å². The van der Waals surface area contributed by atoms with Crippen molar-refractivity contribution in [3.05, 3.63) is 48.6 Å². The van der Waals surface area contributed by atoms with Gasteiger partial charge in [-0.15, -0.1) is 0 Å². The van der Waals surface area contributed by atoms with E-state index in [1.165, 1.54) is 302 Å². The number of aliphatic hydroxyl groups is 2. The Kier molecular flexibility index (Phi) is 66.4. The summed E-state index contributed by atoms with van der Waals surface area (Å²) < 4.78 is 5.48. The van der Waals surface area contributed by atoms with Crippen molar-refractivity contribution in [3.63, 3.8) is 0 Å². The molecule has 0 fully saturated rings. The maximum atomic E-state index is 12.5. The third kappa shape index (κ3) is 64.8. The lowest BCUT2D eigenvalue weighted by molar-refractivity contribution is -0.143. The molecule has 0 rings (SSSR count). The van der Waals surface area contributed by atoms with Crippen molar-refractivity contribution < 1.29 is 24.5 Å². The molecule has 0 saturated heterocycles. The number of unbranched alkanes of at least 4 members (excludes halogenated alkanes) is 49. The summed E-state index contributed by atoms with van der Waals surface area (Å²) in [7, 11) is 0. The van der Waals surface area contributed by atoms with Crippen molar-refractivity contribution in [1.29, 1.82) is 0 Å². The van der Waals surface area contributed by atoms with Gasteiger partial charge in [0.25, 0.3) is 0 Å². The molecule has 0 heterocycles. The molecule has 79 heavy (non-hydrogen) atoms. The highest BCUT2D eigenvalue weighted by Crippen LogP contribution is 2.18. The van der Waals surface area contributed by atoms with Gasteiger partial charge < -0.3 is 20.3 Å². The molecule has 0 aromatic heterocycles. The van der Waals surface area contributed by atoms with Crippen LogP contribution in [0.1, 0.15) is 380 Å². The summed E-state index contributed by atoms with van der Waals surface area (Å²) in [5, 5.41) is 23.3. The Morgan fingerprint density at radius 1 is 0.354 bits per heavy atom. The van der Waals surface area contributed by atoms with Gasteiger partial charge in [0.05, 0.1) is 25.4 Å². The average molecular weight is 1110 g/mol. The summed E-state index contributed by atoms with van der Waals surface area (Å²) >= 11 is 0. The molecule has 0 aliphatic rings. The van der Waals surface area contributed by atoms with Crippen LogP contribution in [-0.4, -0.2) is 47.4 Å². The van der Waals surface area contributed by atoms with Crippen LogP contribution in [-0.2, 0) is 14.3 Å². The van der Waals surface area contributed by atoms with E-state index in [1.807, 2.05) is 6.08 Å². The number of ether oxygens (including phenoxy) is 1. The van der Waals surface area contributed by atoms with Gasteiger partial charge in [-0.25, -0.2) is 0 Å². The van der Waals surface area contributed by atoms with Crippen molar-refractivity contribution >= 4 is 11.9 Å². The summed E-state index contributed by atoms with van der Waals surface area (Å²) in [5.74, 6) is -0.0688. The summed E-state index contributed by atoms with van der Waals surface area (Å²) in [5.41, 5.74) is 0. The number of allylic oxidation sites excluding steroid dienone is 7. The van der Waals surface area contributed by atoms with Gasteiger partial charge in [-0.3, -0.25) is 9.59 Å². The Bertz CT molecular complexity index is 1320. The highest BCUT2D eigenvalue weighted by atomic mass is 16.5. The van der Waals surface area contributed by atoms with Gasteiger partial charge in [-0.2, -0.15) is 0 Å². The van der Waals surface area contributed by atoms with Crippen LogP contribution < -0.4 is 5.32 Å². The minimum Gasteiger partial charge on any atom is -0.466 e. The number of nitrogens with one attached hydrogen (secondary N) is 1. The van der Waals surface area contributed by atoms with Crippen LogP contribution in [0, 0.1) is 0 Å². The van der Waals surface area contributed by atoms with Gasteiger partial charge in [0.1, 0.15) is 0 Å². The predicted molar refractivity (Wildman–Crippen MR) is 347 cm³/mol. The van der Waals surface area contributed by atoms with Crippen LogP contribution in [0.3, 0.4) is 0 Å². The van der Waals surface area contributed by atoms with E-state index < -0.39 is 12.1 Å². The third-order valence-electron chi connectivity index (χ3n) is 16.3. The minimum atomic E-state index is -0.849. The van der Waals surface area contributed by atoms with Crippen molar-refractivity contribution in [2.45, 2.75) is 392 Å². The number of hydrogen-bond donors (Lipinski definition) is 3. The Hall–Kier alpha value is -2.18. The second kappa shape index (κ2) is 68.3. The van der Waals surface area contributed by atoms with Gasteiger partial charge in [-0.05, 0) is 89.9 Å². The smallest absolute Gasteiger partial charge is 0.305 e. The summed E-state index contributed by atoms with van der Waals surface area (Å²) in [6.45, 7) is 4.90. The van der Waals surface area contributed by atoms with Crippen molar-refractivity contribution in [3.8, 4) is 0 Å². The van der Waals surface area contributed by atoms with E-state index in [1.54, 1.807) is 6.08 Å². The van der Waals surface area contributed by atoms with Crippen molar-refractivity contribution in [2.75, 3.05) is 13.2 Å². The fraction of sp³-hybridized carbons (Fsp3) is 0.863. The third-order valence-corrected chi connectivity index (χ3v) is 16.3. The maximum Gasteiger partial charge on any atom is 0.305 e. The molecule has 6 heteroatoms. The molecule has 0 aliphatic carbocycles. The number of amides is 1. The lowest BCUT2D eigenvalue weighted by Gasteiger charge is -2.20. The zero-order chi connectivity index (χ0) is 57.1. The molecule has 0 aromatic carbocycles. The molecule has 2 unspecified atom stereocenters. The Labute approximate surface area is 493 Å². The molecular weight excluding hydrogens is 971 g/mol. The van der Waals surface area contributed by atoms with E-state index in [-0.39, 0.29) is 18.5 Å². The molecule has 0 radical (unpaired) electrons. The number of aliphatic hydroxyl groups excluding tert-OH is 2. The molecule has 464 valence electrons. The quantitative estimate of drug-likeness (QED) is 0.0320. The number of rotatable bonds is 66. The van der Waals surface area contributed by atoms with E-state index in [9.17, 15) is 19.8 Å². The lowest BCUT2D eigenvalue weighted by atomic mass is 10.0. The van der Waals surface area contributed by atoms with Crippen LogP contribution in [0.25, 0.3) is 0 Å². The Morgan fingerprint density at radius 3 is 1.00 bits per heavy atom. The van der Waals surface area contributed by atoms with Crippen LogP contribution in [0.5, 0.6) is 0 Å². The van der Waals surface area contributed by atoms with E-state index in [4.69, 9.17) is 4.74 Å². The van der Waals surface area contributed by atoms with Gasteiger partial charge in [-0.1, -0.05) is 326 Å². The number of hydrogen-bond acceptors (Lipinski definition) is 5. The molecule has 0 bridgehead atoms. The minimum absolute atomic E-state index is 0.000812. The van der Waals surface area contributed by atoms with Gasteiger partial charge in [0.2, 0.25) is 5.91 Å². The topological polar surface area (TPSA) is 95.9 Å². The molecule has 0 saturated carbocycles. The Morgan fingerprint density at radius 2 is 0.633 bits per heavy atom. The SMILES string of the molecule is CCCCC/C=C\C/C=C\CCCCCCCC(=O)OCCCCCCCCCCCCCC/C=C\CCCCCCCCCCCC(=O)NC(CO)C(O)/C=C/CCCCCCCCCCCCCCCCCCCCCC. The molecule has 1 amide bonds. The molecule has 0 aromatic rings. The Balaban J connectivity index is 3.43. The highest BCUT2D eigenvalue weighted by Gasteiger charge is 2.18. The fourth-order valence-corrected chi connectivity index (χ4v) is 10.9. The van der Waals surface area contributed by atoms with E-state index in [2.05, 4.69) is 55.6 Å². The standard InChI is InChI=1S/C73H137NO5/c1-3-5-7-9-11-13-15-17-19-20-21-22-28-31-34-38-41-45-49-53-57-61-65-71(76)70(69-75)74-72(77)66-62-58-54-50-46-42-39-35-32-29-26-24-23-25-27-30-33-36-40-44-48-52-56-60-64-68-79-73(78)67-63-59-55-51-47-43-37-18-16-14-12-10-8-6-4-2/h12,14,18,24,26,37,61,65,70-71,75-76H,3-11,13,15-17,19-23,25,27-36,38-60,62-64,66-69H2,1-2H3,(H,74,77)/b14-12-,26-24-,37-18-,65-61+. The van der Waals surface area contributed by atoms with Crippen LogP contribution in [0.15, 0.2) is 48.6 Å². The molecular formula is C73H137NO5. The molecule has 6 nitrogen and oxygen atoms in total. The summed E-state index contributed by atoms with van der Waals surface area (Å²) in [6, 6.07) is -0.632. The van der Waals surface area contributed by atoms with Gasteiger partial charge in [0, 0.05) is 12.8 Å². The first-order valence-electron chi connectivity index (χ1n) is 35.4. The molecule has 3 N–H and O–H groups in total. The second-order valence-electron chi connectivity index (χ2n) is 24.2. The monoisotopic (exact) mass is 1110 g/mol. The average Bonchev–Trinajstić information content (AvgIpc) is 3.45. The zero-order valence-electron chi connectivity index (χ0n) is 53.1. The van der Waals surface area contributed by atoms with Crippen molar-refractivity contribution in [1.82, 2.24) is 5.32 Å². The van der Waals surface area contributed by atoms with Crippen LogP contribution in [0.2, 0.25) is 0 Å². The van der Waals surface area contributed by atoms with Crippen LogP contribution >= 0.6 is 0 Å². The largest absolute Gasteiger partial charge is 0.466 e. The molecule has 0 aliphatic heterocycles. The number of esters is 1. The summed E-state index contributed by atoms with van der Waals surface area (Å²) in [6.07, 6.45) is 89.0. The fourth-order valence-electron chi connectivity index (χ4n) is 10.9. The lowest BCUT2D eigenvalue weighted by Crippen LogP contribution is -2.45. The maximum absolute atomic E-state index is 12.5. The first kappa shape index (κ1) is 76.8. The second-order valence-corrected chi connectivity index (χ2v) is 24.2. The molecule has 2 atom stereocenters. The number of carbonyl (C=O) groups is 2. The number of carbonyl (C=O) groups excluding carboxylic acids is 2. The van der Waals surface area contributed by atoms with Gasteiger partial charge in [0.15, 0.2) is 0 Å². The predicted octanol–water partition coefficient (Wildman–Crippen LogP) is 22.9. The molecule has 0 spiro atoms. The first-order valence-corrected chi connectivity index (χ1v) is 35.4. The normalized spacial score (nSPS) is 12.8. The van der Waals surface area contributed by atoms with E-state index in [0.29, 0.717) is 19.4 Å². The van der Waals surface area contributed by atoms with E-state index >= 15 is 0 Å². The highest BCUT2D eigenvalue weighted by molar-refractivity contribution is 5.76. The van der Waals surface area contributed by atoms with Crippen molar-refractivity contribution in [2.24, 2.45) is 0 Å².